The van der Waals surface area contributed by atoms with Gasteiger partial charge in [0.1, 0.15) is 4.83 Å². The summed E-state index contributed by atoms with van der Waals surface area (Å²) in [7, 11) is 0. The number of thioether (sulfide) groups is 1. The molecule has 0 saturated carbocycles. The summed E-state index contributed by atoms with van der Waals surface area (Å²) in [4.78, 5) is 32.0. The van der Waals surface area contributed by atoms with Crippen molar-refractivity contribution >= 4 is 68.1 Å². The lowest BCUT2D eigenvalue weighted by molar-refractivity contribution is -0.113. The zero-order chi connectivity index (χ0) is 21.3. The van der Waals surface area contributed by atoms with E-state index in [1.54, 1.807) is 22.8 Å². The van der Waals surface area contributed by atoms with Crippen molar-refractivity contribution < 1.29 is 4.79 Å². The molecule has 2 heterocycles. The standard InChI is InChI=1S/C21H15Cl2N3O2S2/c1-12-7-17-19(30-12)25-21(26(20(17)28)16-5-3-2-4-6-16)29-11-18(27)24-15-9-13(22)8-14(23)10-15/h2-10H,11H2,1H3,(H,24,27). The van der Waals surface area contributed by atoms with Crippen LogP contribution < -0.4 is 10.9 Å². The van der Waals surface area contributed by atoms with Crippen LogP contribution in [-0.2, 0) is 4.79 Å². The van der Waals surface area contributed by atoms with E-state index in [-0.39, 0.29) is 17.2 Å². The number of para-hydroxylation sites is 1. The number of fused-ring (bicyclic) bond motifs is 1. The third kappa shape index (κ3) is 4.54. The van der Waals surface area contributed by atoms with Crippen LogP contribution in [-0.4, -0.2) is 21.2 Å². The highest BCUT2D eigenvalue weighted by atomic mass is 35.5. The number of aryl methyl sites for hydroxylation is 1. The number of rotatable bonds is 5. The molecule has 0 atom stereocenters. The fraction of sp³-hybridized carbons (Fsp3) is 0.0952. The van der Waals surface area contributed by atoms with E-state index in [1.165, 1.54) is 23.1 Å². The number of hydrogen-bond donors (Lipinski definition) is 1. The number of carbonyl (C=O) groups excluding carboxylic acids is 1. The number of thiophene rings is 1. The summed E-state index contributed by atoms with van der Waals surface area (Å²) < 4.78 is 1.54. The van der Waals surface area contributed by atoms with Gasteiger partial charge in [0.2, 0.25) is 5.91 Å². The molecule has 0 saturated heterocycles. The summed E-state index contributed by atoms with van der Waals surface area (Å²) in [5.74, 6) is -0.186. The van der Waals surface area contributed by atoms with Crippen LogP contribution in [0.5, 0.6) is 0 Å². The highest BCUT2D eigenvalue weighted by molar-refractivity contribution is 7.99. The number of hydrogen-bond acceptors (Lipinski definition) is 5. The van der Waals surface area contributed by atoms with E-state index in [9.17, 15) is 9.59 Å². The van der Waals surface area contributed by atoms with Gasteiger partial charge in [0.15, 0.2) is 5.16 Å². The number of aromatic nitrogens is 2. The van der Waals surface area contributed by atoms with E-state index in [0.29, 0.717) is 36.8 Å². The molecule has 9 heteroatoms. The molecule has 0 aliphatic carbocycles. The van der Waals surface area contributed by atoms with E-state index in [1.807, 2.05) is 43.3 Å². The van der Waals surface area contributed by atoms with Crippen LogP contribution in [0.1, 0.15) is 4.88 Å². The van der Waals surface area contributed by atoms with Gasteiger partial charge in [-0.15, -0.1) is 11.3 Å². The Morgan fingerprint density at radius 2 is 1.83 bits per heavy atom. The maximum atomic E-state index is 13.2. The number of halogens is 2. The first kappa shape index (κ1) is 20.9. The van der Waals surface area contributed by atoms with Crippen molar-refractivity contribution in [2.45, 2.75) is 12.1 Å². The zero-order valence-corrected chi connectivity index (χ0v) is 18.8. The fourth-order valence-corrected chi connectivity index (χ4v) is 5.20. The quantitative estimate of drug-likeness (QED) is 0.292. The fourth-order valence-electron chi connectivity index (χ4n) is 2.94. The molecule has 30 heavy (non-hydrogen) atoms. The van der Waals surface area contributed by atoms with Crippen LogP contribution in [0.3, 0.4) is 0 Å². The van der Waals surface area contributed by atoms with E-state index in [2.05, 4.69) is 10.3 Å². The van der Waals surface area contributed by atoms with Gasteiger partial charge in [0.05, 0.1) is 16.8 Å². The second kappa shape index (κ2) is 8.81. The molecular weight excluding hydrogens is 461 g/mol. The lowest BCUT2D eigenvalue weighted by atomic mass is 10.3. The van der Waals surface area contributed by atoms with Crippen LogP contribution in [0, 0.1) is 6.92 Å². The molecule has 4 aromatic rings. The molecule has 0 fully saturated rings. The Labute approximate surface area is 190 Å². The van der Waals surface area contributed by atoms with Crippen LogP contribution in [0.2, 0.25) is 10.0 Å². The van der Waals surface area contributed by atoms with Crippen LogP contribution in [0.15, 0.2) is 64.5 Å². The number of amides is 1. The van der Waals surface area contributed by atoms with E-state index in [0.717, 1.165) is 4.88 Å². The summed E-state index contributed by atoms with van der Waals surface area (Å²) in [5, 5.41) is 4.67. The average Bonchev–Trinajstić information content (AvgIpc) is 3.07. The molecular formula is C21H15Cl2N3O2S2. The monoisotopic (exact) mass is 475 g/mol. The Balaban J connectivity index is 1.64. The first-order valence-electron chi connectivity index (χ1n) is 8.88. The second-order valence-corrected chi connectivity index (χ2v) is 9.49. The number of benzene rings is 2. The summed E-state index contributed by atoms with van der Waals surface area (Å²) in [6.45, 7) is 1.94. The van der Waals surface area contributed by atoms with Gasteiger partial charge in [-0.3, -0.25) is 14.2 Å². The number of anilines is 1. The van der Waals surface area contributed by atoms with Crippen LogP contribution in [0.4, 0.5) is 5.69 Å². The highest BCUT2D eigenvalue weighted by Crippen LogP contribution is 2.27. The number of nitrogens with zero attached hydrogens (tertiary/aromatic N) is 2. The molecule has 0 aliphatic rings. The van der Waals surface area contributed by atoms with Gasteiger partial charge in [-0.2, -0.15) is 0 Å². The van der Waals surface area contributed by atoms with E-state index < -0.39 is 0 Å². The average molecular weight is 476 g/mol. The lowest BCUT2D eigenvalue weighted by Gasteiger charge is -2.12. The molecule has 4 rings (SSSR count). The van der Waals surface area contributed by atoms with Crippen molar-refractivity contribution in [3.63, 3.8) is 0 Å². The SMILES string of the molecule is Cc1cc2c(=O)n(-c3ccccc3)c(SCC(=O)Nc3cc(Cl)cc(Cl)c3)nc2s1. The van der Waals surface area contributed by atoms with E-state index >= 15 is 0 Å². The van der Waals surface area contributed by atoms with Crippen LogP contribution in [0.25, 0.3) is 15.9 Å². The maximum Gasteiger partial charge on any atom is 0.267 e. The van der Waals surface area contributed by atoms with Crippen molar-refractivity contribution in [1.29, 1.82) is 0 Å². The lowest BCUT2D eigenvalue weighted by Crippen LogP contribution is -2.22. The summed E-state index contributed by atoms with van der Waals surface area (Å²) in [6, 6.07) is 15.9. The largest absolute Gasteiger partial charge is 0.325 e. The first-order valence-corrected chi connectivity index (χ1v) is 11.4. The van der Waals surface area contributed by atoms with Crippen LogP contribution >= 0.6 is 46.3 Å². The van der Waals surface area contributed by atoms with Crippen molar-refractivity contribution in [1.82, 2.24) is 9.55 Å². The summed E-state index contributed by atoms with van der Waals surface area (Å²) in [6.07, 6.45) is 0. The van der Waals surface area contributed by atoms with E-state index in [4.69, 9.17) is 23.2 Å². The van der Waals surface area contributed by atoms with Crippen molar-refractivity contribution in [3.05, 3.63) is 79.9 Å². The number of nitrogens with one attached hydrogen (secondary N) is 1. The normalized spacial score (nSPS) is 11.0. The summed E-state index contributed by atoms with van der Waals surface area (Å²) in [5.41, 5.74) is 1.06. The van der Waals surface area contributed by atoms with Gasteiger partial charge < -0.3 is 5.32 Å². The van der Waals surface area contributed by atoms with Crippen molar-refractivity contribution in [3.8, 4) is 5.69 Å². The third-order valence-electron chi connectivity index (χ3n) is 4.15. The van der Waals surface area contributed by atoms with Gasteiger partial charge in [0.25, 0.3) is 5.56 Å². The highest BCUT2D eigenvalue weighted by Gasteiger charge is 2.16. The van der Waals surface area contributed by atoms with Crippen molar-refractivity contribution in [2.24, 2.45) is 0 Å². The molecule has 152 valence electrons. The molecule has 1 N–H and O–H groups in total. The predicted molar refractivity (Wildman–Crippen MR) is 126 cm³/mol. The smallest absolute Gasteiger partial charge is 0.267 e. The Bertz CT molecular complexity index is 1280. The maximum absolute atomic E-state index is 13.2. The Kier molecular flexibility index (Phi) is 6.15. The predicted octanol–water partition coefficient (Wildman–Crippen LogP) is 5.79. The molecule has 0 radical (unpaired) electrons. The molecule has 2 aromatic heterocycles. The van der Waals surface area contributed by atoms with Gasteiger partial charge in [-0.05, 0) is 43.3 Å². The molecule has 0 unspecified atom stereocenters. The molecule has 0 aliphatic heterocycles. The molecule has 1 amide bonds. The van der Waals surface area contributed by atoms with Gasteiger partial charge >= 0.3 is 0 Å². The topological polar surface area (TPSA) is 64.0 Å². The Morgan fingerprint density at radius 3 is 2.53 bits per heavy atom. The minimum Gasteiger partial charge on any atom is -0.325 e. The molecule has 2 aromatic carbocycles. The van der Waals surface area contributed by atoms with Gasteiger partial charge in [0, 0.05) is 20.6 Å². The van der Waals surface area contributed by atoms with Gasteiger partial charge in [-0.1, -0.05) is 53.2 Å². The second-order valence-electron chi connectivity index (χ2n) is 6.44. The number of carbonyl (C=O) groups is 1. The van der Waals surface area contributed by atoms with Crippen molar-refractivity contribution in [2.75, 3.05) is 11.1 Å². The minimum absolute atomic E-state index is 0.0687. The summed E-state index contributed by atoms with van der Waals surface area (Å²) >= 11 is 14.6. The first-order chi connectivity index (χ1) is 14.4. The molecule has 0 spiro atoms. The molecule has 0 bridgehead atoms. The third-order valence-corrected chi connectivity index (χ3v) is 6.47. The zero-order valence-electron chi connectivity index (χ0n) is 15.7. The molecule has 5 nitrogen and oxygen atoms in total. The Morgan fingerprint density at radius 1 is 1.13 bits per heavy atom. The Hall–Kier alpha value is -2.32. The minimum atomic E-state index is -0.255. The van der Waals surface area contributed by atoms with Gasteiger partial charge in [-0.25, -0.2) is 4.98 Å².